The van der Waals surface area contributed by atoms with Crippen molar-refractivity contribution in [1.82, 2.24) is 14.9 Å². The molecular formula is C17H13ClN4O4. The predicted molar refractivity (Wildman–Crippen MR) is 96.3 cm³/mol. The van der Waals surface area contributed by atoms with Crippen LogP contribution < -0.4 is 5.56 Å². The SMILES string of the molecule is CN(Cc1nc2ccccc2c(=O)[nH]1)C(=O)c1ccc(Cl)cc1[N+](=O)[O-]. The highest BCUT2D eigenvalue weighted by molar-refractivity contribution is 6.31. The number of H-pyrrole nitrogens is 1. The van der Waals surface area contributed by atoms with Gasteiger partial charge in [0.25, 0.3) is 17.2 Å². The number of hydrogen-bond acceptors (Lipinski definition) is 5. The van der Waals surface area contributed by atoms with Crippen LogP contribution in [0.4, 0.5) is 5.69 Å². The van der Waals surface area contributed by atoms with Crippen LogP contribution in [0.5, 0.6) is 0 Å². The summed E-state index contributed by atoms with van der Waals surface area (Å²) in [5, 5.41) is 11.8. The monoisotopic (exact) mass is 372 g/mol. The molecular weight excluding hydrogens is 360 g/mol. The van der Waals surface area contributed by atoms with Gasteiger partial charge in [0.1, 0.15) is 11.4 Å². The van der Waals surface area contributed by atoms with Crippen LogP contribution in [0.3, 0.4) is 0 Å². The molecule has 26 heavy (non-hydrogen) atoms. The van der Waals surface area contributed by atoms with Crippen LogP contribution in [0, 0.1) is 10.1 Å². The average Bonchev–Trinajstić information content (AvgIpc) is 2.61. The molecule has 0 saturated carbocycles. The Morgan fingerprint density at radius 3 is 2.77 bits per heavy atom. The second kappa shape index (κ2) is 6.93. The third kappa shape index (κ3) is 3.40. The third-order valence-corrected chi connectivity index (χ3v) is 4.02. The molecule has 0 aliphatic carbocycles. The number of nitro benzene ring substituents is 1. The zero-order valence-corrected chi connectivity index (χ0v) is 14.4. The second-order valence-electron chi connectivity index (χ2n) is 5.61. The standard InChI is InChI=1S/C17H13ClN4O4/c1-21(17(24)12-7-6-10(18)8-14(12)22(25)26)9-15-19-13-5-3-2-4-11(13)16(23)20-15/h2-8H,9H2,1H3,(H,19,20,23). The van der Waals surface area contributed by atoms with E-state index in [1.165, 1.54) is 24.1 Å². The van der Waals surface area contributed by atoms with Crippen LogP contribution in [0.1, 0.15) is 16.2 Å². The number of aromatic nitrogens is 2. The minimum absolute atomic E-state index is 0.0152. The van der Waals surface area contributed by atoms with Gasteiger partial charge in [-0.15, -0.1) is 0 Å². The summed E-state index contributed by atoms with van der Waals surface area (Å²) >= 11 is 5.77. The van der Waals surface area contributed by atoms with E-state index in [9.17, 15) is 19.7 Å². The number of nitro groups is 1. The van der Waals surface area contributed by atoms with E-state index in [2.05, 4.69) is 9.97 Å². The largest absolute Gasteiger partial charge is 0.334 e. The maximum Gasteiger partial charge on any atom is 0.283 e. The van der Waals surface area contributed by atoms with Crippen molar-refractivity contribution >= 4 is 34.1 Å². The number of nitrogens with zero attached hydrogens (tertiary/aromatic N) is 3. The van der Waals surface area contributed by atoms with Gasteiger partial charge in [0.2, 0.25) is 0 Å². The fraction of sp³-hybridized carbons (Fsp3) is 0.118. The molecule has 0 spiro atoms. The highest BCUT2D eigenvalue weighted by Crippen LogP contribution is 2.24. The van der Waals surface area contributed by atoms with Crippen LogP contribution in [0.25, 0.3) is 10.9 Å². The first kappa shape index (κ1) is 17.6. The van der Waals surface area contributed by atoms with E-state index in [0.717, 1.165) is 6.07 Å². The van der Waals surface area contributed by atoms with Crippen molar-refractivity contribution in [2.45, 2.75) is 6.54 Å². The van der Waals surface area contributed by atoms with E-state index in [1.807, 2.05) is 0 Å². The summed E-state index contributed by atoms with van der Waals surface area (Å²) in [6.07, 6.45) is 0. The van der Waals surface area contributed by atoms with Crippen molar-refractivity contribution in [3.05, 3.63) is 79.3 Å². The zero-order chi connectivity index (χ0) is 18.8. The Morgan fingerprint density at radius 2 is 2.04 bits per heavy atom. The summed E-state index contributed by atoms with van der Waals surface area (Å²) < 4.78 is 0. The molecule has 0 radical (unpaired) electrons. The van der Waals surface area contributed by atoms with Crippen LogP contribution in [0.2, 0.25) is 5.02 Å². The van der Waals surface area contributed by atoms with Gasteiger partial charge in [-0.05, 0) is 24.3 Å². The van der Waals surface area contributed by atoms with Gasteiger partial charge in [-0.3, -0.25) is 19.7 Å². The van der Waals surface area contributed by atoms with Gasteiger partial charge in [-0.2, -0.15) is 0 Å². The Balaban J connectivity index is 1.91. The first-order chi connectivity index (χ1) is 12.4. The van der Waals surface area contributed by atoms with Gasteiger partial charge in [0.15, 0.2) is 0 Å². The number of halogens is 1. The summed E-state index contributed by atoms with van der Waals surface area (Å²) in [6.45, 7) is -0.0152. The lowest BCUT2D eigenvalue weighted by Crippen LogP contribution is -2.29. The number of hydrogen-bond donors (Lipinski definition) is 1. The number of benzene rings is 2. The number of carbonyl (C=O) groups is 1. The van der Waals surface area contributed by atoms with E-state index in [4.69, 9.17) is 11.6 Å². The normalized spacial score (nSPS) is 10.7. The van der Waals surface area contributed by atoms with Gasteiger partial charge >= 0.3 is 0 Å². The summed E-state index contributed by atoms with van der Waals surface area (Å²) in [5.41, 5.74) is -0.284. The quantitative estimate of drug-likeness (QED) is 0.559. The molecule has 0 atom stereocenters. The van der Waals surface area contributed by atoms with Gasteiger partial charge in [-0.1, -0.05) is 23.7 Å². The van der Waals surface area contributed by atoms with Gasteiger partial charge in [0, 0.05) is 18.1 Å². The summed E-state index contributed by atoms with van der Waals surface area (Å²) in [6, 6.07) is 10.7. The van der Waals surface area contributed by atoms with Gasteiger partial charge in [0.05, 0.1) is 22.4 Å². The molecule has 2 aromatic carbocycles. The average molecular weight is 373 g/mol. The molecule has 0 aliphatic rings. The molecule has 0 aliphatic heterocycles. The maximum atomic E-state index is 12.6. The van der Waals surface area contributed by atoms with Crippen molar-refractivity contribution in [2.75, 3.05) is 7.05 Å². The molecule has 3 aromatic rings. The molecule has 1 N–H and O–H groups in total. The number of nitrogens with one attached hydrogen (secondary N) is 1. The van der Waals surface area contributed by atoms with E-state index in [1.54, 1.807) is 24.3 Å². The molecule has 1 amide bonds. The lowest BCUT2D eigenvalue weighted by atomic mass is 10.1. The van der Waals surface area contributed by atoms with E-state index < -0.39 is 10.8 Å². The molecule has 1 heterocycles. The topological polar surface area (TPSA) is 109 Å². The Kier molecular flexibility index (Phi) is 4.68. The lowest BCUT2D eigenvalue weighted by Gasteiger charge is -2.17. The maximum absolute atomic E-state index is 12.6. The van der Waals surface area contributed by atoms with Crippen LogP contribution >= 0.6 is 11.6 Å². The number of para-hydroxylation sites is 1. The third-order valence-electron chi connectivity index (χ3n) is 3.78. The summed E-state index contributed by atoms with van der Waals surface area (Å²) in [4.78, 5) is 43.4. The molecule has 1 aromatic heterocycles. The summed E-state index contributed by atoms with van der Waals surface area (Å²) in [5.74, 6) is -0.301. The molecule has 132 valence electrons. The summed E-state index contributed by atoms with van der Waals surface area (Å²) in [7, 11) is 1.47. The van der Waals surface area contributed by atoms with E-state index >= 15 is 0 Å². The number of fused-ring (bicyclic) bond motifs is 1. The number of aromatic amines is 1. The first-order valence-corrected chi connectivity index (χ1v) is 7.92. The van der Waals surface area contributed by atoms with Gasteiger partial charge < -0.3 is 9.88 Å². The van der Waals surface area contributed by atoms with E-state index in [0.29, 0.717) is 10.9 Å². The van der Waals surface area contributed by atoms with Crippen LogP contribution in [-0.4, -0.2) is 32.7 Å². The second-order valence-corrected chi connectivity index (χ2v) is 6.05. The fourth-order valence-electron chi connectivity index (χ4n) is 2.55. The molecule has 0 fully saturated rings. The molecule has 3 rings (SSSR count). The smallest absolute Gasteiger partial charge is 0.283 e. The Bertz CT molecular complexity index is 1080. The van der Waals surface area contributed by atoms with Gasteiger partial charge in [-0.25, -0.2) is 4.98 Å². The molecule has 0 saturated heterocycles. The minimum atomic E-state index is -0.664. The number of rotatable bonds is 4. The Morgan fingerprint density at radius 1 is 1.31 bits per heavy atom. The molecule has 9 heteroatoms. The Labute approximate surface area is 152 Å². The first-order valence-electron chi connectivity index (χ1n) is 7.54. The fourth-order valence-corrected chi connectivity index (χ4v) is 2.71. The van der Waals surface area contributed by atoms with Crippen molar-refractivity contribution in [3.8, 4) is 0 Å². The number of amides is 1. The predicted octanol–water partition coefficient (Wildman–Crippen LogP) is 2.76. The Hall–Kier alpha value is -3.26. The number of carbonyl (C=O) groups excluding carboxylic acids is 1. The van der Waals surface area contributed by atoms with Crippen molar-refractivity contribution in [1.29, 1.82) is 0 Å². The van der Waals surface area contributed by atoms with Crippen molar-refractivity contribution in [2.24, 2.45) is 0 Å². The van der Waals surface area contributed by atoms with Crippen LogP contribution in [0.15, 0.2) is 47.3 Å². The minimum Gasteiger partial charge on any atom is -0.334 e. The van der Waals surface area contributed by atoms with Crippen molar-refractivity contribution < 1.29 is 9.72 Å². The highest BCUT2D eigenvalue weighted by atomic mass is 35.5. The van der Waals surface area contributed by atoms with E-state index in [-0.39, 0.29) is 34.2 Å². The molecule has 0 unspecified atom stereocenters. The van der Waals surface area contributed by atoms with Crippen LogP contribution in [-0.2, 0) is 6.54 Å². The zero-order valence-electron chi connectivity index (χ0n) is 13.6. The highest BCUT2D eigenvalue weighted by Gasteiger charge is 2.23. The molecule has 8 nitrogen and oxygen atoms in total. The lowest BCUT2D eigenvalue weighted by molar-refractivity contribution is -0.385. The molecule has 0 bridgehead atoms. The van der Waals surface area contributed by atoms with Crippen molar-refractivity contribution in [3.63, 3.8) is 0 Å².